The zero-order valence-corrected chi connectivity index (χ0v) is 25.6. The Labute approximate surface area is 218 Å². The van der Waals surface area contributed by atoms with Gasteiger partial charge in [-0.25, -0.2) is 4.79 Å². The van der Waals surface area contributed by atoms with Crippen molar-refractivity contribution in [3.8, 4) is 0 Å². The van der Waals surface area contributed by atoms with E-state index >= 15 is 0 Å². The lowest BCUT2D eigenvalue weighted by molar-refractivity contribution is -0.166. The second kappa shape index (κ2) is 21.2. The van der Waals surface area contributed by atoms with Gasteiger partial charge in [0.2, 0.25) is 0 Å². The molecule has 36 heavy (non-hydrogen) atoms. The Morgan fingerprint density at radius 1 is 1.06 bits per heavy atom. The molecule has 216 valence electrons. The molecule has 1 aliphatic rings. The molecule has 0 aromatic carbocycles. The van der Waals surface area contributed by atoms with Crippen LogP contribution in [-0.2, 0) is 44.2 Å². The normalized spacial score (nSPS) is 23.5. The van der Waals surface area contributed by atoms with Gasteiger partial charge < -0.3 is 33.0 Å². The Morgan fingerprint density at radius 2 is 1.56 bits per heavy atom. The van der Waals surface area contributed by atoms with Gasteiger partial charge in [-0.05, 0) is 11.8 Å². The average Bonchev–Trinajstić information content (AvgIpc) is 3.16. The van der Waals surface area contributed by atoms with E-state index in [2.05, 4.69) is 14.2 Å². The summed E-state index contributed by atoms with van der Waals surface area (Å²) in [5.41, 5.74) is -1.33. The molecule has 3 N–H and O–H groups in total. The highest BCUT2D eigenvalue weighted by Crippen LogP contribution is 2.50. The maximum Gasteiger partial charge on any atom is 0.353 e. The molecule has 0 saturated carbocycles. The van der Waals surface area contributed by atoms with Crippen molar-refractivity contribution in [3.63, 3.8) is 0 Å². The Bertz CT molecular complexity index is 897. The van der Waals surface area contributed by atoms with Gasteiger partial charge in [0.15, 0.2) is 12.6 Å². The van der Waals surface area contributed by atoms with Crippen LogP contribution in [0.15, 0.2) is 21.9 Å². The number of nitrogens with one attached hydrogen (secondary N) is 1. The second-order valence-electron chi connectivity index (χ2n) is 6.02. The van der Waals surface area contributed by atoms with Gasteiger partial charge in [-0.15, -0.1) is 0 Å². The molecule has 2 unspecified atom stereocenters. The second-order valence-corrected chi connectivity index (χ2v) is 10.8. The lowest BCUT2D eigenvalue weighted by Gasteiger charge is -2.25. The molecule has 16 heteroatoms. The van der Waals surface area contributed by atoms with Crippen LogP contribution in [0.4, 0.5) is 0 Å². The summed E-state index contributed by atoms with van der Waals surface area (Å²) in [5, 5.41) is 0. The van der Waals surface area contributed by atoms with Crippen LogP contribution in [0.2, 0.25) is 0 Å². The molecule has 0 spiro atoms. The number of H-pyrrole nitrogens is 1. The summed E-state index contributed by atoms with van der Waals surface area (Å²) in [6, 6.07) is 1.12. The van der Waals surface area contributed by atoms with Crippen molar-refractivity contribution >= 4 is 26.1 Å². The molecule has 1 aromatic heterocycles. The van der Waals surface area contributed by atoms with Gasteiger partial charge >= 0.3 is 20.0 Å². The van der Waals surface area contributed by atoms with Crippen LogP contribution in [0.5, 0.6) is 0 Å². The van der Waals surface area contributed by atoms with Crippen LogP contribution in [0.25, 0.3) is 0 Å². The summed E-state index contributed by atoms with van der Waals surface area (Å²) < 4.78 is 42.5. The van der Waals surface area contributed by atoms with Crippen LogP contribution in [0.1, 0.15) is 54.7 Å². The predicted molar refractivity (Wildman–Crippen MR) is 143 cm³/mol. The summed E-state index contributed by atoms with van der Waals surface area (Å²) in [7, 11) is 1.43. The Balaban J connectivity index is -0.00000108. The summed E-state index contributed by atoms with van der Waals surface area (Å²) in [4.78, 5) is 44.9. The Kier molecular flexibility index (Phi) is 23.4. The van der Waals surface area contributed by atoms with E-state index < -0.39 is 56.5 Å². The number of hydrogen-bond donors (Lipinski definition) is 3. The van der Waals surface area contributed by atoms with Gasteiger partial charge in [0.25, 0.3) is 5.56 Å². The van der Waals surface area contributed by atoms with Crippen LogP contribution in [-0.4, -0.2) is 66.5 Å². The average molecular weight is 583 g/mol. The highest BCUT2D eigenvalue weighted by atomic mass is 32.5. The molecule has 2 rings (SSSR count). The lowest BCUT2D eigenvalue weighted by atomic mass is 10.1. The summed E-state index contributed by atoms with van der Waals surface area (Å²) in [6.07, 6.45) is -2.79. The molecule has 6 atom stereocenters. The predicted octanol–water partition coefficient (Wildman–Crippen LogP) is 3.42. The van der Waals surface area contributed by atoms with Gasteiger partial charge in [0.05, 0.1) is 0 Å². The molecule has 0 amide bonds. The summed E-state index contributed by atoms with van der Waals surface area (Å²) in [5.74, 6) is -0.621. The molecule has 0 radical (unpaired) electrons. The fourth-order valence-electron chi connectivity index (χ4n) is 2.39. The molecule has 0 aliphatic carbocycles. The third-order valence-electron chi connectivity index (χ3n) is 3.81. The van der Waals surface area contributed by atoms with Crippen molar-refractivity contribution < 1.29 is 42.1 Å². The minimum absolute atomic E-state index is 0.589. The van der Waals surface area contributed by atoms with E-state index in [4.69, 9.17) is 30.3 Å². The largest absolute Gasteiger partial charge is 0.388 e. The summed E-state index contributed by atoms with van der Waals surface area (Å²) in [6.45, 7) is 9.98. The van der Waals surface area contributed by atoms with Crippen LogP contribution in [0.3, 0.4) is 0 Å². The van der Waals surface area contributed by atoms with Gasteiger partial charge in [0, 0.05) is 46.6 Å². The first-order valence-corrected chi connectivity index (χ1v) is 15.7. The molecular formula is C20H44N2O11P2S. The van der Waals surface area contributed by atoms with Crippen LogP contribution in [0, 0.1) is 5.92 Å². The van der Waals surface area contributed by atoms with E-state index in [1.54, 1.807) is 21.1 Å². The minimum atomic E-state index is -4.02. The van der Waals surface area contributed by atoms with Gasteiger partial charge in [-0.1, -0.05) is 48.5 Å². The quantitative estimate of drug-likeness (QED) is 0.383. The van der Waals surface area contributed by atoms with E-state index in [9.17, 15) is 23.9 Å². The van der Waals surface area contributed by atoms with Gasteiger partial charge in [0.1, 0.15) is 12.3 Å². The van der Waals surface area contributed by atoms with Crippen molar-refractivity contribution in [2.45, 2.75) is 67.1 Å². The molecular weight excluding hydrogens is 538 g/mol. The van der Waals surface area contributed by atoms with E-state index in [1.165, 1.54) is 6.20 Å². The van der Waals surface area contributed by atoms with Gasteiger partial charge in [-0.2, -0.15) is 0 Å². The number of aromatic nitrogens is 2. The fraction of sp³-hybridized carbons (Fsp3) is 0.800. The molecule has 13 nitrogen and oxygen atoms in total. The minimum Gasteiger partial charge on any atom is -0.388 e. The number of rotatable bonds is 8. The Hall–Kier alpha value is -0.760. The van der Waals surface area contributed by atoms with Crippen molar-refractivity contribution in [2.24, 2.45) is 5.92 Å². The maximum absolute atomic E-state index is 12.0. The van der Waals surface area contributed by atoms with Crippen molar-refractivity contribution in [2.75, 3.05) is 34.8 Å². The van der Waals surface area contributed by atoms with Gasteiger partial charge in [-0.3, -0.25) is 23.4 Å². The van der Waals surface area contributed by atoms with Crippen molar-refractivity contribution in [1.82, 2.24) is 9.55 Å². The molecule has 1 saturated heterocycles. The first-order chi connectivity index (χ1) is 16.9. The number of nitrogens with zero attached hydrogens (tertiary/aromatic N) is 1. The molecule has 1 fully saturated rings. The maximum atomic E-state index is 12.0. The number of aromatic amines is 1. The monoisotopic (exact) mass is 582 g/mol. The topological polar surface area (TPSA) is 168 Å². The number of ether oxygens (including phenoxy) is 3. The SMILES string of the molecule is CC.CC.CC.COC.COP(=O)(O)CO[C@H]1O[C@@H](n2ccc(=O)[nH]c2=O)[C@H](C)[C@@H]1OP(O)(=S)OC. The van der Waals surface area contributed by atoms with Crippen LogP contribution < -0.4 is 11.2 Å². The third kappa shape index (κ3) is 14.3. The van der Waals surface area contributed by atoms with E-state index in [1.807, 2.05) is 41.5 Å². The standard InChI is InChI=1S/C12H20N2O10P2S.C2H6O.3C2H6/c1-7-9(24-26(19,27)21-3)11(22-6-25(17,18)20-2)23-10(7)14-5-4-8(15)13-12(14)16;1-3-2;3*1-2/h4-5,7,9-11H,6H2,1-3H3,(H,17,18)(H,19,27)(H,13,15,16);1-2H3;3*1-2H3/t7-,9+,10-,11+,26?;;;;/m1..../s1. The first-order valence-electron chi connectivity index (χ1n) is 11.3. The van der Waals surface area contributed by atoms with E-state index in [0.29, 0.717) is 0 Å². The highest BCUT2D eigenvalue weighted by molar-refractivity contribution is 8.07. The third-order valence-corrected chi connectivity index (χ3v) is 6.53. The van der Waals surface area contributed by atoms with E-state index in [-0.39, 0.29) is 0 Å². The molecule has 1 aliphatic heterocycles. The smallest absolute Gasteiger partial charge is 0.353 e. The fourth-order valence-corrected chi connectivity index (χ4v) is 3.82. The first kappa shape index (κ1) is 39.7. The number of hydrogen-bond acceptors (Lipinski definition) is 10. The highest BCUT2D eigenvalue weighted by Gasteiger charge is 2.47. The van der Waals surface area contributed by atoms with Crippen molar-refractivity contribution in [3.05, 3.63) is 33.1 Å². The molecule has 0 bridgehead atoms. The molecule has 1 aromatic rings. The zero-order valence-electron chi connectivity index (χ0n) is 23.0. The van der Waals surface area contributed by atoms with E-state index in [0.717, 1.165) is 24.9 Å². The zero-order chi connectivity index (χ0) is 29.1. The lowest BCUT2D eigenvalue weighted by Crippen LogP contribution is -2.34. The summed E-state index contributed by atoms with van der Waals surface area (Å²) >= 11 is 4.83. The Morgan fingerprint density at radius 3 is 1.97 bits per heavy atom. The van der Waals surface area contributed by atoms with Crippen molar-refractivity contribution in [1.29, 1.82) is 0 Å². The molecule has 2 heterocycles. The number of methoxy groups -OCH3 is 1. The van der Waals surface area contributed by atoms with Crippen LogP contribution >= 0.6 is 14.3 Å².